The Morgan fingerprint density at radius 3 is 2.68 bits per heavy atom. The third-order valence-corrected chi connectivity index (χ3v) is 3.96. The van der Waals surface area contributed by atoms with Gasteiger partial charge in [0.05, 0.1) is 5.56 Å². The predicted molar refractivity (Wildman–Crippen MR) is 92.4 cm³/mol. The maximum atomic E-state index is 6.14. The molecular formula is C20H20NO+. The highest BCUT2D eigenvalue weighted by Crippen LogP contribution is 2.36. The normalized spacial score (nSPS) is 11.4. The quantitative estimate of drug-likeness (QED) is 0.626. The van der Waals surface area contributed by atoms with E-state index in [-0.39, 0.29) is 0 Å². The van der Waals surface area contributed by atoms with Crippen LogP contribution in [0, 0.1) is 6.92 Å². The molecule has 0 N–H and O–H groups in total. The van der Waals surface area contributed by atoms with Crippen LogP contribution in [-0.2, 0) is 7.05 Å². The first-order valence-corrected chi connectivity index (χ1v) is 7.43. The maximum absolute atomic E-state index is 6.14. The van der Waals surface area contributed by atoms with Crippen molar-refractivity contribution in [3.8, 4) is 11.3 Å². The van der Waals surface area contributed by atoms with Gasteiger partial charge in [0.1, 0.15) is 18.4 Å². The van der Waals surface area contributed by atoms with Crippen molar-refractivity contribution in [2.75, 3.05) is 0 Å². The number of furan rings is 1. The Kier molecular flexibility index (Phi) is 3.68. The highest BCUT2D eigenvalue weighted by atomic mass is 16.3. The van der Waals surface area contributed by atoms with E-state index >= 15 is 0 Å². The molecule has 1 aromatic carbocycles. The van der Waals surface area contributed by atoms with E-state index in [9.17, 15) is 0 Å². The Balaban J connectivity index is 2.43. The van der Waals surface area contributed by atoms with E-state index < -0.39 is 0 Å². The molecule has 110 valence electrons. The van der Waals surface area contributed by atoms with Crippen molar-refractivity contribution in [3.05, 3.63) is 66.1 Å². The number of hydrogen-bond donors (Lipinski definition) is 0. The van der Waals surface area contributed by atoms with Crippen molar-refractivity contribution >= 4 is 23.1 Å². The minimum Gasteiger partial charge on any atom is -0.455 e. The molecule has 0 aliphatic carbocycles. The van der Waals surface area contributed by atoms with Crippen LogP contribution in [0.4, 0.5) is 0 Å². The lowest BCUT2D eigenvalue weighted by Crippen LogP contribution is -2.30. The van der Waals surface area contributed by atoms with Gasteiger partial charge in [0, 0.05) is 23.1 Å². The summed E-state index contributed by atoms with van der Waals surface area (Å²) < 4.78 is 8.26. The molecule has 0 saturated heterocycles. The molecule has 2 nitrogen and oxygen atoms in total. The minimum atomic E-state index is 0.818. The standard InChI is InChI=1S/C20H20NO/c1-5-9-15-16-12-11-14(3)19(20(16)22-18(15)6-2)17-10-7-8-13-21(17)4/h5-13H,2H2,1,3-4H3/q+1. The molecule has 0 spiro atoms. The van der Waals surface area contributed by atoms with Gasteiger partial charge < -0.3 is 4.42 Å². The molecule has 0 radical (unpaired) electrons. The van der Waals surface area contributed by atoms with Gasteiger partial charge in [-0.15, -0.1) is 0 Å². The molecule has 22 heavy (non-hydrogen) atoms. The third-order valence-electron chi connectivity index (χ3n) is 3.96. The number of benzene rings is 1. The topological polar surface area (TPSA) is 17.0 Å². The lowest BCUT2D eigenvalue weighted by atomic mass is 10.00. The molecule has 0 aliphatic heterocycles. The van der Waals surface area contributed by atoms with Gasteiger partial charge in [-0.1, -0.05) is 30.9 Å². The van der Waals surface area contributed by atoms with Gasteiger partial charge in [-0.2, -0.15) is 0 Å². The van der Waals surface area contributed by atoms with Gasteiger partial charge >= 0.3 is 0 Å². The minimum absolute atomic E-state index is 0.818. The number of hydrogen-bond acceptors (Lipinski definition) is 1. The van der Waals surface area contributed by atoms with Crippen molar-refractivity contribution in [2.45, 2.75) is 13.8 Å². The fourth-order valence-electron chi connectivity index (χ4n) is 2.89. The van der Waals surface area contributed by atoms with Crippen molar-refractivity contribution in [1.29, 1.82) is 0 Å². The van der Waals surface area contributed by atoms with Gasteiger partial charge in [0.25, 0.3) is 0 Å². The van der Waals surface area contributed by atoms with E-state index in [1.54, 1.807) is 6.08 Å². The number of aryl methyl sites for hydroxylation is 2. The molecule has 0 fully saturated rings. The third kappa shape index (κ3) is 2.17. The largest absolute Gasteiger partial charge is 0.455 e. The first-order valence-electron chi connectivity index (χ1n) is 7.43. The molecule has 0 amide bonds. The van der Waals surface area contributed by atoms with Crippen molar-refractivity contribution in [2.24, 2.45) is 7.05 Å². The molecular weight excluding hydrogens is 270 g/mol. The molecule has 2 heteroatoms. The number of allylic oxidation sites excluding steroid dienone is 1. The Hall–Kier alpha value is -2.61. The lowest BCUT2D eigenvalue weighted by molar-refractivity contribution is -0.660. The molecule has 0 bridgehead atoms. The van der Waals surface area contributed by atoms with Crippen LogP contribution < -0.4 is 4.57 Å². The predicted octanol–water partition coefficient (Wildman–Crippen LogP) is 4.91. The fourth-order valence-corrected chi connectivity index (χ4v) is 2.89. The summed E-state index contributed by atoms with van der Waals surface area (Å²) in [6, 6.07) is 10.5. The molecule has 0 aliphatic rings. The molecule has 0 unspecified atom stereocenters. The van der Waals surface area contributed by atoms with E-state index in [0.717, 1.165) is 33.6 Å². The van der Waals surface area contributed by atoms with Crippen LogP contribution in [0.25, 0.3) is 34.4 Å². The van der Waals surface area contributed by atoms with Crippen LogP contribution in [-0.4, -0.2) is 0 Å². The van der Waals surface area contributed by atoms with E-state index in [2.05, 4.69) is 61.7 Å². The summed E-state index contributed by atoms with van der Waals surface area (Å²) in [5.41, 5.74) is 5.49. The van der Waals surface area contributed by atoms with Gasteiger partial charge in [-0.3, -0.25) is 0 Å². The van der Waals surface area contributed by atoms with E-state index in [4.69, 9.17) is 4.42 Å². The summed E-state index contributed by atoms with van der Waals surface area (Å²) in [5.74, 6) is 0.818. The smallest absolute Gasteiger partial charge is 0.216 e. The van der Waals surface area contributed by atoms with Crippen LogP contribution in [0.3, 0.4) is 0 Å². The number of nitrogens with zero attached hydrogens (tertiary/aromatic N) is 1. The van der Waals surface area contributed by atoms with E-state index in [0.29, 0.717) is 0 Å². The van der Waals surface area contributed by atoms with E-state index in [1.807, 2.05) is 19.1 Å². The van der Waals surface area contributed by atoms with Crippen LogP contribution in [0.1, 0.15) is 23.8 Å². The van der Waals surface area contributed by atoms with Crippen molar-refractivity contribution in [1.82, 2.24) is 0 Å². The molecule has 0 atom stereocenters. The summed E-state index contributed by atoms with van der Waals surface area (Å²) in [4.78, 5) is 0. The van der Waals surface area contributed by atoms with Gasteiger partial charge in [-0.05, 0) is 31.6 Å². The average Bonchev–Trinajstić information content (AvgIpc) is 2.87. The summed E-state index contributed by atoms with van der Waals surface area (Å²) >= 11 is 0. The highest BCUT2D eigenvalue weighted by molar-refractivity contribution is 5.99. The fraction of sp³-hybridized carbons (Fsp3) is 0.150. The Morgan fingerprint density at radius 2 is 2.00 bits per heavy atom. The summed E-state index contributed by atoms with van der Waals surface area (Å²) in [5, 5.41) is 1.12. The molecule has 2 aromatic heterocycles. The SMILES string of the molecule is C=Cc1oc2c(-c3cccc[n+]3C)c(C)ccc2c1C=CC. The molecule has 0 saturated carbocycles. The van der Waals surface area contributed by atoms with Crippen molar-refractivity contribution in [3.63, 3.8) is 0 Å². The first-order chi connectivity index (χ1) is 10.7. The average molecular weight is 290 g/mol. The van der Waals surface area contributed by atoms with Gasteiger partial charge in [0.15, 0.2) is 6.20 Å². The Bertz CT molecular complexity index is 884. The monoisotopic (exact) mass is 290 g/mol. The lowest BCUT2D eigenvalue weighted by Gasteiger charge is -2.05. The van der Waals surface area contributed by atoms with E-state index in [1.165, 1.54) is 5.56 Å². The number of rotatable bonds is 3. The van der Waals surface area contributed by atoms with Gasteiger partial charge in [0.2, 0.25) is 5.69 Å². The second-order valence-electron chi connectivity index (χ2n) is 5.42. The number of pyridine rings is 1. The van der Waals surface area contributed by atoms with Crippen LogP contribution in [0.15, 0.2) is 53.6 Å². The zero-order valence-electron chi connectivity index (χ0n) is 13.3. The summed E-state index contributed by atoms with van der Waals surface area (Å²) in [6.07, 6.45) is 7.93. The number of aromatic nitrogens is 1. The van der Waals surface area contributed by atoms with Crippen LogP contribution in [0.2, 0.25) is 0 Å². The molecule has 3 aromatic rings. The zero-order chi connectivity index (χ0) is 15.7. The summed E-state index contributed by atoms with van der Waals surface area (Å²) in [6.45, 7) is 8.01. The first kappa shape index (κ1) is 14.3. The van der Waals surface area contributed by atoms with Crippen LogP contribution in [0.5, 0.6) is 0 Å². The summed E-state index contributed by atoms with van der Waals surface area (Å²) in [7, 11) is 2.05. The van der Waals surface area contributed by atoms with Crippen LogP contribution >= 0.6 is 0 Å². The molecule has 2 heterocycles. The highest BCUT2D eigenvalue weighted by Gasteiger charge is 2.20. The number of fused-ring (bicyclic) bond motifs is 1. The molecule has 3 rings (SSSR count). The maximum Gasteiger partial charge on any atom is 0.216 e. The second kappa shape index (κ2) is 5.64. The van der Waals surface area contributed by atoms with Gasteiger partial charge in [-0.25, -0.2) is 4.57 Å². The Labute approximate surface area is 131 Å². The second-order valence-corrected chi connectivity index (χ2v) is 5.42. The van der Waals surface area contributed by atoms with Crippen molar-refractivity contribution < 1.29 is 8.98 Å². The zero-order valence-corrected chi connectivity index (χ0v) is 13.3. The Morgan fingerprint density at radius 1 is 1.18 bits per heavy atom.